The van der Waals surface area contributed by atoms with Crippen LogP contribution in [0.2, 0.25) is 5.82 Å². The van der Waals surface area contributed by atoms with Gasteiger partial charge in [0.15, 0.2) is 0 Å². The largest absolute Gasteiger partial charge is 0.463 e. The second kappa shape index (κ2) is 4.86. The molecule has 1 aromatic heterocycles. The average molecular weight is 282 g/mol. The summed E-state index contributed by atoms with van der Waals surface area (Å²) in [6.07, 6.45) is 5.56. The van der Waals surface area contributed by atoms with Crippen LogP contribution in [0.3, 0.4) is 0 Å². The Bertz CT molecular complexity index is 738. The number of imidazole rings is 1. The lowest BCUT2D eigenvalue weighted by molar-refractivity contribution is 0.396. The van der Waals surface area contributed by atoms with Crippen LogP contribution in [0.4, 0.5) is 0 Å². The number of nitrogens with zero attached hydrogens (tertiary/aromatic N) is 2. The first-order valence-electron chi connectivity index (χ1n) is 7.12. The normalized spacial score (nSPS) is 18.3. The fourth-order valence-electron chi connectivity index (χ4n) is 2.88. The minimum absolute atomic E-state index is 0.153. The quantitative estimate of drug-likeness (QED) is 0.832. The first-order chi connectivity index (χ1) is 9.89. The predicted octanol–water partition coefficient (Wildman–Crippen LogP) is 2.59. The fraction of sp³-hybridized carbons (Fsp3) is 0.312. The topological polar surface area (TPSA) is 58.3 Å². The van der Waals surface area contributed by atoms with Crippen LogP contribution in [-0.4, -0.2) is 26.7 Å². The molecular formula is C16H19BN2O2. The third-order valence-corrected chi connectivity index (χ3v) is 3.76. The molecule has 21 heavy (non-hydrogen) atoms. The number of rotatable bonds is 2. The van der Waals surface area contributed by atoms with Crippen LogP contribution in [0.5, 0.6) is 0 Å². The van der Waals surface area contributed by atoms with E-state index in [0.717, 1.165) is 22.4 Å². The molecule has 0 spiro atoms. The van der Waals surface area contributed by atoms with Crippen LogP contribution in [0.1, 0.15) is 26.6 Å². The summed E-state index contributed by atoms with van der Waals surface area (Å²) < 4.78 is 2.16. The van der Waals surface area contributed by atoms with Gasteiger partial charge in [0.25, 0.3) is 0 Å². The molecule has 0 saturated heterocycles. The molecule has 108 valence electrons. The Labute approximate surface area is 124 Å². The van der Waals surface area contributed by atoms with Gasteiger partial charge in [-0.05, 0) is 38.5 Å². The van der Waals surface area contributed by atoms with Crippen molar-refractivity contribution < 1.29 is 10.0 Å². The van der Waals surface area contributed by atoms with Crippen LogP contribution < -0.4 is 0 Å². The monoisotopic (exact) mass is 282 g/mol. The van der Waals surface area contributed by atoms with Crippen molar-refractivity contribution in [3.05, 3.63) is 48.3 Å². The van der Waals surface area contributed by atoms with E-state index < -0.39 is 12.9 Å². The zero-order valence-corrected chi connectivity index (χ0v) is 12.5. The molecule has 0 amide bonds. The molecular weight excluding hydrogens is 263 g/mol. The Balaban J connectivity index is 2.24. The van der Waals surface area contributed by atoms with E-state index in [1.54, 1.807) is 6.08 Å². The van der Waals surface area contributed by atoms with Gasteiger partial charge in [-0.25, -0.2) is 4.98 Å². The number of fused-ring (bicyclic) bond motifs is 1. The molecule has 0 saturated carbocycles. The molecule has 3 rings (SSSR count). The molecule has 0 fully saturated rings. The van der Waals surface area contributed by atoms with E-state index in [2.05, 4.69) is 25.3 Å². The predicted molar refractivity (Wildman–Crippen MR) is 85.8 cm³/mol. The minimum Gasteiger partial charge on any atom is -0.426 e. The molecule has 4 nitrogen and oxygen atoms in total. The zero-order chi connectivity index (χ0) is 15.2. The molecule has 1 aliphatic carbocycles. The van der Waals surface area contributed by atoms with Gasteiger partial charge in [0.2, 0.25) is 0 Å². The third kappa shape index (κ3) is 2.32. The van der Waals surface area contributed by atoms with Crippen LogP contribution >= 0.6 is 0 Å². The molecule has 0 radical (unpaired) electrons. The SMILES string of the molecule is CC(C)(C)n1c(C2=CC=CC2B(O)O)nc2ccccc21. The van der Waals surface area contributed by atoms with Gasteiger partial charge in [0.05, 0.1) is 11.0 Å². The Hall–Kier alpha value is -1.85. The van der Waals surface area contributed by atoms with E-state index in [1.165, 1.54) is 0 Å². The molecule has 1 unspecified atom stereocenters. The smallest absolute Gasteiger partial charge is 0.426 e. The number of hydrogen-bond donors (Lipinski definition) is 2. The lowest BCUT2D eigenvalue weighted by atomic mass is 9.69. The molecule has 1 aromatic carbocycles. The average Bonchev–Trinajstić information content (AvgIpc) is 3.01. The van der Waals surface area contributed by atoms with Gasteiger partial charge >= 0.3 is 7.12 Å². The summed E-state index contributed by atoms with van der Waals surface area (Å²) in [6.45, 7) is 6.37. The van der Waals surface area contributed by atoms with Crippen LogP contribution in [0.15, 0.2) is 42.5 Å². The number of hydrogen-bond acceptors (Lipinski definition) is 3. The Morgan fingerprint density at radius 3 is 2.57 bits per heavy atom. The maximum atomic E-state index is 9.58. The van der Waals surface area contributed by atoms with Gasteiger partial charge in [-0.3, -0.25) is 0 Å². The first kappa shape index (κ1) is 14.1. The van der Waals surface area contributed by atoms with E-state index in [9.17, 15) is 10.0 Å². The molecule has 0 aliphatic heterocycles. The Kier molecular flexibility index (Phi) is 3.27. The zero-order valence-electron chi connectivity index (χ0n) is 12.5. The van der Waals surface area contributed by atoms with E-state index in [4.69, 9.17) is 4.98 Å². The summed E-state index contributed by atoms with van der Waals surface area (Å²) in [6, 6.07) is 7.99. The minimum atomic E-state index is -1.41. The van der Waals surface area contributed by atoms with Crippen LogP contribution in [0.25, 0.3) is 16.6 Å². The van der Waals surface area contributed by atoms with E-state index in [0.29, 0.717) is 0 Å². The second-order valence-corrected chi connectivity index (χ2v) is 6.38. The molecule has 1 heterocycles. The highest BCUT2D eigenvalue weighted by atomic mass is 16.4. The van der Waals surface area contributed by atoms with Gasteiger partial charge in [-0.1, -0.05) is 30.4 Å². The van der Waals surface area contributed by atoms with Crippen molar-refractivity contribution in [3.63, 3.8) is 0 Å². The van der Waals surface area contributed by atoms with Crippen molar-refractivity contribution in [2.45, 2.75) is 32.1 Å². The van der Waals surface area contributed by atoms with Crippen molar-refractivity contribution in [1.29, 1.82) is 0 Å². The molecule has 2 N–H and O–H groups in total. The van der Waals surface area contributed by atoms with Crippen LogP contribution in [-0.2, 0) is 5.54 Å². The van der Waals surface area contributed by atoms with Crippen molar-refractivity contribution in [1.82, 2.24) is 9.55 Å². The third-order valence-electron chi connectivity index (χ3n) is 3.76. The summed E-state index contributed by atoms with van der Waals surface area (Å²) in [4.78, 5) is 4.73. The summed E-state index contributed by atoms with van der Waals surface area (Å²) in [5, 5.41) is 19.2. The lowest BCUT2D eigenvalue weighted by Gasteiger charge is -2.26. The molecule has 1 atom stereocenters. The highest BCUT2D eigenvalue weighted by molar-refractivity contribution is 6.47. The number of benzene rings is 1. The highest BCUT2D eigenvalue weighted by Gasteiger charge is 2.32. The second-order valence-electron chi connectivity index (χ2n) is 6.38. The molecule has 1 aliphatic rings. The summed E-state index contributed by atoms with van der Waals surface area (Å²) in [7, 11) is -1.41. The lowest BCUT2D eigenvalue weighted by Crippen LogP contribution is -2.26. The van der Waals surface area contributed by atoms with E-state index >= 15 is 0 Å². The maximum Gasteiger partial charge on any atom is 0.463 e. The van der Waals surface area contributed by atoms with Crippen molar-refractivity contribution >= 4 is 23.7 Å². The Morgan fingerprint density at radius 1 is 1.19 bits per heavy atom. The summed E-state index contributed by atoms with van der Waals surface area (Å²) in [5.41, 5.74) is 2.66. The highest BCUT2D eigenvalue weighted by Crippen LogP contribution is 2.38. The van der Waals surface area contributed by atoms with E-state index in [-0.39, 0.29) is 5.54 Å². The van der Waals surface area contributed by atoms with Crippen molar-refractivity contribution in [2.24, 2.45) is 0 Å². The van der Waals surface area contributed by atoms with Crippen molar-refractivity contribution in [2.75, 3.05) is 0 Å². The Morgan fingerprint density at radius 2 is 1.90 bits per heavy atom. The summed E-state index contributed by atoms with van der Waals surface area (Å²) >= 11 is 0. The summed E-state index contributed by atoms with van der Waals surface area (Å²) in [5.74, 6) is 0.370. The number of allylic oxidation sites excluding steroid dienone is 4. The maximum absolute atomic E-state index is 9.58. The van der Waals surface area contributed by atoms with E-state index in [1.807, 2.05) is 36.4 Å². The van der Waals surface area contributed by atoms with Crippen LogP contribution in [0, 0.1) is 0 Å². The van der Waals surface area contributed by atoms with Gasteiger partial charge in [-0.2, -0.15) is 0 Å². The molecule has 5 heteroatoms. The van der Waals surface area contributed by atoms with Gasteiger partial charge in [0.1, 0.15) is 5.82 Å². The first-order valence-corrected chi connectivity index (χ1v) is 7.12. The van der Waals surface area contributed by atoms with Gasteiger partial charge in [0, 0.05) is 11.4 Å². The van der Waals surface area contributed by atoms with Gasteiger partial charge < -0.3 is 14.6 Å². The number of aromatic nitrogens is 2. The molecule has 2 aromatic rings. The van der Waals surface area contributed by atoms with Crippen molar-refractivity contribution in [3.8, 4) is 0 Å². The standard InChI is InChI=1S/C16H19BN2O2/c1-16(2,3)19-14-10-5-4-9-13(14)18-15(19)11-7-6-8-12(11)17(20)21/h4-10,12,20-21H,1-3H3. The fourth-order valence-corrected chi connectivity index (χ4v) is 2.88. The molecule has 0 bridgehead atoms. The van der Waals surface area contributed by atoms with Gasteiger partial charge in [-0.15, -0.1) is 0 Å². The number of para-hydroxylation sites is 2.